The summed E-state index contributed by atoms with van der Waals surface area (Å²) >= 11 is 1.60. The molecular weight excluding hydrogens is 314 g/mol. The van der Waals surface area contributed by atoms with Crippen LogP contribution in [0.3, 0.4) is 0 Å². The van der Waals surface area contributed by atoms with Crippen molar-refractivity contribution in [2.24, 2.45) is 0 Å². The topological polar surface area (TPSA) is 42.2 Å². The second-order valence-corrected chi connectivity index (χ2v) is 7.24. The lowest BCUT2D eigenvalue weighted by Crippen LogP contribution is -2.32. The maximum Gasteiger partial charge on any atom is 0.180 e. The molecule has 3 nitrogen and oxygen atoms in total. The summed E-state index contributed by atoms with van der Waals surface area (Å²) in [6.07, 6.45) is 5.80. The molecule has 0 aliphatic heterocycles. The molecule has 1 aliphatic carbocycles. The zero-order valence-corrected chi connectivity index (χ0v) is 14.8. The summed E-state index contributed by atoms with van der Waals surface area (Å²) < 4.78 is 0. The highest BCUT2D eigenvalue weighted by Gasteiger charge is 2.31. The van der Waals surface area contributed by atoms with E-state index in [9.17, 15) is 0 Å². The summed E-state index contributed by atoms with van der Waals surface area (Å²) in [6.45, 7) is 3.10. The smallest absolute Gasteiger partial charge is 0.180 e. The molecule has 0 radical (unpaired) electrons. The fourth-order valence-electron chi connectivity index (χ4n) is 3.43. The number of anilines is 1. The van der Waals surface area contributed by atoms with Crippen molar-refractivity contribution in [2.75, 3.05) is 12.8 Å². The van der Waals surface area contributed by atoms with Crippen LogP contribution in [0.2, 0.25) is 0 Å². The number of hydrogen-bond acceptors (Lipinski definition) is 4. The van der Waals surface area contributed by atoms with Crippen LogP contribution in [0.1, 0.15) is 41.2 Å². The van der Waals surface area contributed by atoms with Gasteiger partial charge in [0.25, 0.3) is 0 Å². The van der Waals surface area contributed by atoms with Gasteiger partial charge in [-0.15, -0.1) is 23.7 Å². The van der Waals surface area contributed by atoms with Gasteiger partial charge in [0, 0.05) is 23.7 Å². The Morgan fingerprint density at radius 3 is 2.64 bits per heavy atom. The van der Waals surface area contributed by atoms with Crippen LogP contribution in [0.5, 0.6) is 0 Å². The minimum Gasteiger partial charge on any atom is -0.375 e. The van der Waals surface area contributed by atoms with Crippen LogP contribution in [0.15, 0.2) is 30.5 Å². The highest BCUT2D eigenvalue weighted by atomic mass is 35.5. The highest BCUT2D eigenvalue weighted by Crippen LogP contribution is 2.38. The van der Waals surface area contributed by atoms with Gasteiger partial charge in [0.2, 0.25) is 0 Å². The van der Waals surface area contributed by atoms with Crippen molar-refractivity contribution in [1.82, 2.24) is 9.88 Å². The average Bonchev–Trinajstić information content (AvgIpc) is 3.09. The predicted octanol–water partition coefficient (Wildman–Crippen LogP) is 4.22. The molecule has 1 saturated carbocycles. The molecule has 2 atom stereocenters. The Balaban J connectivity index is 0.00000176. The first-order valence-corrected chi connectivity index (χ1v) is 8.42. The fourth-order valence-corrected chi connectivity index (χ4v) is 4.18. The monoisotopic (exact) mass is 337 g/mol. The minimum absolute atomic E-state index is 0. The second-order valence-electron chi connectivity index (χ2n) is 6.10. The molecule has 120 valence electrons. The third kappa shape index (κ3) is 3.80. The molecule has 2 N–H and O–H groups in total. The molecule has 2 aromatic rings. The minimum atomic E-state index is 0. The molecule has 1 aromatic heterocycles. The van der Waals surface area contributed by atoms with Crippen LogP contribution < -0.4 is 5.73 Å². The van der Waals surface area contributed by atoms with Gasteiger partial charge < -0.3 is 5.73 Å². The summed E-state index contributed by atoms with van der Waals surface area (Å²) in [6, 6.07) is 9.69. The number of aryl methyl sites for hydroxylation is 1. The summed E-state index contributed by atoms with van der Waals surface area (Å²) in [5.74, 6) is 0.654. The third-order valence-corrected chi connectivity index (χ3v) is 5.34. The van der Waals surface area contributed by atoms with Crippen molar-refractivity contribution in [1.29, 1.82) is 0 Å². The van der Waals surface area contributed by atoms with E-state index in [1.54, 1.807) is 11.3 Å². The van der Waals surface area contributed by atoms with Gasteiger partial charge in [-0.1, -0.05) is 36.2 Å². The molecule has 1 aliphatic rings. The van der Waals surface area contributed by atoms with E-state index in [1.807, 2.05) is 6.20 Å². The number of nitrogen functional groups attached to an aromatic ring is 1. The van der Waals surface area contributed by atoms with Crippen molar-refractivity contribution >= 4 is 28.9 Å². The second kappa shape index (κ2) is 7.44. The van der Waals surface area contributed by atoms with Gasteiger partial charge in [0.15, 0.2) is 5.13 Å². The standard InChI is InChI=1S/C17H23N3S.ClH/c1-12-6-8-13(9-7-12)15-4-3-5-16(15)20(2)11-14-10-19-17(18)21-14;/h6-10,15-16H,3-5,11H2,1-2H3,(H2,18,19);1H. The Bertz CT molecular complexity index is 596. The summed E-state index contributed by atoms with van der Waals surface area (Å²) in [5.41, 5.74) is 8.55. The molecule has 5 heteroatoms. The molecule has 22 heavy (non-hydrogen) atoms. The predicted molar refractivity (Wildman–Crippen MR) is 96.8 cm³/mol. The Hall–Kier alpha value is -1.10. The molecule has 1 heterocycles. The molecular formula is C17H24ClN3S. The fraction of sp³-hybridized carbons (Fsp3) is 0.471. The molecule has 0 spiro atoms. The van der Waals surface area contributed by atoms with Crippen molar-refractivity contribution in [3.63, 3.8) is 0 Å². The maximum atomic E-state index is 5.73. The van der Waals surface area contributed by atoms with Crippen LogP contribution in [0.4, 0.5) is 5.13 Å². The van der Waals surface area contributed by atoms with Gasteiger partial charge >= 0.3 is 0 Å². The summed E-state index contributed by atoms with van der Waals surface area (Å²) in [5, 5.41) is 0.667. The zero-order chi connectivity index (χ0) is 14.8. The van der Waals surface area contributed by atoms with E-state index in [1.165, 1.54) is 35.3 Å². The highest BCUT2D eigenvalue weighted by molar-refractivity contribution is 7.15. The Labute approximate surface area is 143 Å². The Kier molecular flexibility index (Phi) is 5.84. The first kappa shape index (κ1) is 17.3. The summed E-state index contributed by atoms with van der Waals surface area (Å²) in [4.78, 5) is 7.88. The van der Waals surface area contributed by atoms with E-state index in [0.717, 1.165) is 6.54 Å². The van der Waals surface area contributed by atoms with Gasteiger partial charge in [-0.2, -0.15) is 0 Å². The molecule has 0 bridgehead atoms. The van der Waals surface area contributed by atoms with Crippen molar-refractivity contribution in [2.45, 2.75) is 44.7 Å². The van der Waals surface area contributed by atoms with Crippen LogP contribution >= 0.6 is 23.7 Å². The molecule has 0 amide bonds. The van der Waals surface area contributed by atoms with E-state index in [0.29, 0.717) is 17.1 Å². The molecule has 1 aromatic carbocycles. The number of nitrogens with two attached hydrogens (primary N) is 1. The van der Waals surface area contributed by atoms with E-state index in [2.05, 4.69) is 48.1 Å². The van der Waals surface area contributed by atoms with E-state index >= 15 is 0 Å². The number of likely N-dealkylation sites (N-methyl/N-ethyl adjacent to an activating group) is 1. The largest absolute Gasteiger partial charge is 0.375 e. The van der Waals surface area contributed by atoms with E-state index in [-0.39, 0.29) is 12.4 Å². The number of benzene rings is 1. The lowest BCUT2D eigenvalue weighted by atomic mass is 9.92. The van der Waals surface area contributed by atoms with Crippen LogP contribution in [-0.2, 0) is 6.54 Å². The SMILES string of the molecule is Cc1ccc(C2CCCC2N(C)Cc2cnc(N)s2)cc1.Cl. The van der Waals surface area contributed by atoms with Crippen molar-refractivity contribution in [3.8, 4) is 0 Å². The van der Waals surface area contributed by atoms with Gasteiger partial charge in [-0.3, -0.25) is 4.90 Å². The number of nitrogens with zero attached hydrogens (tertiary/aromatic N) is 2. The van der Waals surface area contributed by atoms with Crippen molar-refractivity contribution in [3.05, 3.63) is 46.5 Å². The number of thiazole rings is 1. The zero-order valence-electron chi connectivity index (χ0n) is 13.2. The Morgan fingerprint density at radius 2 is 2.00 bits per heavy atom. The Morgan fingerprint density at radius 1 is 1.27 bits per heavy atom. The number of halogens is 1. The molecule has 0 saturated heterocycles. The average molecular weight is 338 g/mol. The van der Waals surface area contributed by atoms with Gasteiger partial charge in [0.05, 0.1) is 0 Å². The number of rotatable bonds is 4. The maximum absolute atomic E-state index is 5.73. The normalized spacial score (nSPS) is 21.0. The van der Waals surface area contributed by atoms with Gasteiger partial charge in [-0.25, -0.2) is 4.98 Å². The van der Waals surface area contributed by atoms with Crippen LogP contribution in [-0.4, -0.2) is 23.0 Å². The lowest BCUT2D eigenvalue weighted by Gasteiger charge is -2.29. The first-order valence-electron chi connectivity index (χ1n) is 7.60. The van der Waals surface area contributed by atoms with Gasteiger partial charge in [-0.05, 0) is 38.3 Å². The third-order valence-electron chi connectivity index (χ3n) is 4.53. The van der Waals surface area contributed by atoms with Crippen molar-refractivity contribution < 1.29 is 0 Å². The number of aromatic nitrogens is 1. The van der Waals surface area contributed by atoms with Crippen LogP contribution in [0.25, 0.3) is 0 Å². The quantitative estimate of drug-likeness (QED) is 0.908. The molecule has 1 fully saturated rings. The number of hydrogen-bond donors (Lipinski definition) is 1. The van der Waals surface area contributed by atoms with E-state index in [4.69, 9.17) is 5.73 Å². The molecule has 3 rings (SSSR count). The lowest BCUT2D eigenvalue weighted by molar-refractivity contribution is 0.221. The first-order chi connectivity index (χ1) is 10.1. The summed E-state index contributed by atoms with van der Waals surface area (Å²) in [7, 11) is 2.23. The van der Waals surface area contributed by atoms with Crippen LogP contribution in [0, 0.1) is 6.92 Å². The molecule has 2 unspecified atom stereocenters. The van der Waals surface area contributed by atoms with Gasteiger partial charge in [0.1, 0.15) is 0 Å². The van der Waals surface area contributed by atoms with E-state index < -0.39 is 0 Å².